The topological polar surface area (TPSA) is 34.1 Å². The standard InChI is InChI=1S/C15H20O2/c1-4-11(2)13(10-16)8-9-14-12(3)6-5-7-15(14)17/h8-10H,4-7H2,1-3H3/b9-8-,13-11?. The lowest BCUT2D eigenvalue weighted by Crippen LogP contribution is -2.08. The van der Waals surface area contributed by atoms with E-state index in [0.29, 0.717) is 12.0 Å². The zero-order valence-corrected chi connectivity index (χ0v) is 10.9. The number of Topliss-reactive ketones (excluding diaryl/α,β-unsaturated/α-hetero) is 1. The van der Waals surface area contributed by atoms with Crippen LogP contribution in [0.25, 0.3) is 0 Å². The van der Waals surface area contributed by atoms with Gasteiger partial charge in [-0.25, -0.2) is 0 Å². The maximum absolute atomic E-state index is 11.7. The number of hydrogen-bond donors (Lipinski definition) is 0. The molecule has 0 aliphatic heterocycles. The molecule has 17 heavy (non-hydrogen) atoms. The third kappa shape index (κ3) is 3.52. The summed E-state index contributed by atoms with van der Waals surface area (Å²) in [6, 6.07) is 0. The Morgan fingerprint density at radius 2 is 2.06 bits per heavy atom. The van der Waals surface area contributed by atoms with Gasteiger partial charge in [0.15, 0.2) is 5.78 Å². The van der Waals surface area contributed by atoms with Gasteiger partial charge in [0.1, 0.15) is 6.29 Å². The third-order valence-electron chi connectivity index (χ3n) is 3.30. The summed E-state index contributed by atoms with van der Waals surface area (Å²) in [7, 11) is 0. The number of rotatable bonds is 4. The molecule has 1 aliphatic carbocycles. The van der Waals surface area contributed by atoms with Gasteiger partial charge in [-0.15, -0.1) is 0 Å². The maximum atomic E-state index is 11.7. The summed E-state index contributed by atoms with van der Waals surface area (Å²) < 4.78 is 0. The molecule has 0 amide bonds. The van der Waals surface area contributed by atoms with Crippen molar-refractivity contribution in [1.29, 1.82) is 0 Å². The number of aldehydes is 1. The van der Waals surface area contributed by atoms with Gasteiger partial charge >= 0.3 is 0 Å². The highest BCUT2D eigenvalue weighted by molar-refractivity contribution is 5.99. The SMILES string of the molecule is CCC(C)=C(C=O)/C=C\C1=C(C)CCCC1=O. The minimum Gasteiger partial charge on any atom is -0.298 e. The molecule has 0 saturated carbocycles. The number of hydrogen-bond acceptors (Lipinski definition) is 2. The van der Waals surface area contributed by atoms with Gasteiger partial charge in [0.2, 0.25) is 0 Å². The van der Waals surface area contributed by atoms with Gasteiger partial charge in [-0.1, -0.05) is 30.2 Å². The molecule has 0 aromatic heterocycles. The predicted molar refractivity (Wildman–Crippen MR) is 69.8 cm³/mol. The molecule has 0 atom stereocenters. The first-order valence-corrected chi connectivity index (χ1v) is 6.16. The molecule has 0 N–H and O–H groups in total. The first-order chi connectivity index (χ1) is 8.10. The molecule has 0 unspecified atom stereocenters. The van der Waals surface area contributed by atoms with Crippen LogP contribution in [-0.4, -0.2) is 12.1 Å². The van der Waals surface area contributed by atoms with E-state index in [1.165, 1.54) is 0 Å². The first kappa shape index (κ1) is 13.6. The van der Waals surface area contributed by atoms with Crippen molar-refractivity contribution >= 4 is 12.1 Å². The van der Waals surface area contributed by atoms with Crippen LogP contribution in [0.2, 0.25) is 0 Å². The number of ketones is 1. The molecule has 0 radical (unpaired) electrons. The monoisotopic (exact) mass is 232 g/mol. The molecular formula is C15H20O2. The van der Waals surface area contributed by atoms with Gasteiger partial charge in [-0.2, -0.15) is 0 Å². The Morgan fingerprint density at radius 3 is 2.59 bits per heavy atom. The molecule has 0 spiro atoms. The highest BCUT2D eigenvalue weighted by Crippen LogP contribution is 2.23. The lowest BCUT2D eigenvalue weighted by molar-refractivity contribution is -0.115. The zero-order valence-electron chi connectivity index (χ0n) is 10.9. The minimum absolute atomic E-state index is 0.199. The minimum atomic E-state index is 0.199. The largest absolute Gasteiger partial charge is 0.298 e. The molecule has 0 aromatic carbocycles. The van der Waals surface area contributed by atoms with E-state index in [1.54, 1.807) is 12.2 Å². The fraction of sp³-hybridized carbons (Fsp3) is 0.467. The van der Waals surface area contributed by atoms with Crippen LogP contribution in [0.5, 0.6) is 0 Å². The molecule has 0 heterocycles. The van der Waals surface area contributed by atoms with Gasteiger partial charge in [0.25, 0.3) is 0 Å². The van der Waals surface area contributed by atoms with Crippen LogP contribution in [0.15, 0.2) is 34.4 Å². The Bertz CT molecular complexity index is 409. The van der Waals surface area contributed by atoms with Crippen molar-refractivity contribution in [3.63, 3.8) is 0 Å². The molecule has 0 saturated heterocycles. The fourth-order valence-corrected chi connectivity index (χ4v) is 1.92. The molecule has 2 heteroatoms. The second-order valence-electron chi connectivity index (χ2n) is 4.51. The Kier molecular flexibility index (Phi) is 5.08. The van der Waals surface area contributed by atoms with Gasteiger partial charge in [0, 0.05) is 17.6 Å². The van der Waals surface area contributed by atoms with E-state index in [0.717, 1.165) is 42.3 Å². The van der Waals surface area contributed by atoms with Crippen molar-refractivity contribution < 1.29 is 9.59 Å². The van der Waals surface area contributed by atoms with E-state index >= 15 is 0 Å². The average Bonchev–Trinajstić information content (AvgIpc) is 2.32. The van der Waals surface area contributed by atoms with Crippen molar-refractivity contribution in [2.24, 2.45) is 0 Å². The summed E-state index contributed by atoms with van der Waals surface area (Å²) >= 11 is 0. The van der Waals surface area contributed by atoms with Crippen LogP contribution in [0.3, 0.4) is 0 Å². The van der Waals surface area contributed by atoms with Crippen LogP contribution < -0.4 is 0 Å². The fourth-order valence-electron chi connectivity index (χ4n) is 1.92. The van der Waals surface area contributed by atoms with Gasteiger partial charge in [0.05, 0.1) is 0 Å². The van der Waals surface area contributed by atoms with Crippen molar-refractivity contribution in [2.45, 2.75) is 46.5 Å². The van der Waals surface area contributed by atoms with E-state index in [9.17, 15) is 9.59 Å². The van der Waals surface area contributed by atoms with Gasteiger partial charge in [-0.05, 0) is 33.1 Å². The molecule has 92 valence electrons. The van der Waals surface area contributed by atoms with E-state index < -0.39 is 0 Å². The molecule has 1 aliphatic rings. The highest BCUT2D eigenvalue weighted by atomic mass is 16.1. The van der Waals surface area contributed by atoms with Crippen LogP contribution in [0.1, 0.15) is 46.5 Å². The van der Waals surface area contributed by atoms with Crippen molar-refractivity contribution in [1.82, 2.24) is 0 Å². The van der Waals surface area contributed by atoms with Crippen LogP contribution in [0.4, 0.5) is 0 Å². The van der Waals surface area contributed by atoms with Crippen molar-refractivity contribution in [3.8, 4) is 0 Å². The lowest BCUT2D eigenvalue weighted by atomic mass is 9.91. The summed E-state index contributed by atoms with van der Waals surface area (Å²) in [4.78, 5) is 22.7. The molecule has 0 fully saturated rings. The quantitative estimate of drug-likeness (QED) is 0.422. The smallest absolute Gasteiger partial charge is 0.162 e. The summed E-state index contributed by atoms with van der Waals surface area (Å²) in [5.74, 6) is 0.199. The van der Waals surface area contributed by atoms with Gasteiger partial charge in [-0.3, -0.25) is 9.59 Å². The number of allylic oxidation sites excluding steroid dienone is 6. The second kappa shape index (κ2) is 6.33. The molecular weight excluding hydrogens is 212 g/mol. The van der Waals surface area contributed by atoms with Crippen LogP contribution in [0, 0.1) is 0 Å². The Balaban J connectivity index is 2.97. The zero-order chi connectivity index (χ0) is 12.8. The average molecular weight is 232 g/mol. The Morgan fingerprint density at radius 1 is 1.35 bits per heavy atom. The van der Waals surface area contributed by atoms with E-state index in [1.807, 2.05) is 20.8 Å². The van der Waals surface area contributed by atoms with Crippen LogP contribution in [-0.2, 0) is 9.59 Å². The molecule has 1 rings (SSSR count). The molecule has 0 bridgehead atoms. The number of carbonyl (C=O) groups is 2. The predicted octanol–water partition coefficient (Wildman–Crippen LogP) is 3.54. The summed E-state index contributed by atoms with van der Waals surface area (Å²) in [6.07, 6.45) is 7.85. The van der Waals surface area contributed by atoms with E-state index in [-0.39, 0.29) is 5.78 Å². The Hall–Kier alpha value is -1.44. The third-order valence-corrected chi connectivity index (χ3v) is 3.30. The first-order valence-electron chi connectivity index (χ1n) is 6.16. The summed E-state index contributed by atoms with van der Waals surface area (Å²) in [5, 5.41) is 0. The summed E-state index contributed by atoms with van der Waals surface area (Å²) in [5.41, 5.74) is 3.67. The van der Waals surface area contributed by atoms with Crippen molar-refractivity contribution in [3.05, 3.63) is 34.4 Å². The maximum Gasteiger partial charge on any atom is 0.162 e. The van der Waals surface area contributed by atoms with Crippen LogP contribution >= 0.6 is 0 Å². The van der Waals surface area contributed by atoms with E-state index in [4.69, 9.17) is 0 Å². The van der Waals surface area contributed by atoms with E-state index in [2.05, 4.69) is 0 Å². The lowest BCUT2D eigenvalue weighted by Gasteiger charge is -2.13. The number of carbonyl (C=O) groups excluding carboxylic acids is 2. The summed E-state index contributed by atoms with van der Waals surface area (Å²) in [6.45, 7) is 5.95. The second-order valence-corrected chi connectivity index (χ2v) is 4.51. The van der Waals surface area contributed by atoms with Gasteiger partial charge < -0.3 is 0 Å². The molecule has 2 nitrogen and oxygen atoms in total. The van der Waals surface area contributed by atoms with Crippen molar-refractivity contribution in [2.75, 3.05) is 0 Å². The normalized spacial score (nSPS) is 18.6. The Labute approximate surface area is 103 Å². The highest BCUT2D eigenvalue weighted by Gasteiger charge is 2.15. The molecule has 0 aromatic rings.